The summed E-state index contributed by atoms with van der Waals surface area (Å²) in [5, 5.41) is 0. The molecule has 2 heteroatoms. The fourth-order valence-electron chi connectivity index (χ4n) is 4.31. The molecule has 0 N–H and O–H groups in total. The Morgan fingerprint density at radius 1 is 0.955 bits per heavy atom. The van der Waals surface area contributed by atoms with Crippen LogP contribution in [0.4, 0.5) is 0 Å². The highest BCUT2D eigenvalue weighted by Crippen LogP contribution is 2.28. The summed E-state index contributed by atoms with van der Waals surface area (Å²) in [5.74, 6) is 0.915. The van der Waals surface area contributed by atoms with Crippen LogP contribution in [-0.2, 0) is 6.42 Å². The van der Waals surface area contributed by atoms with Crippen LogP contribution in [0.3, 0.4) is 0 Å². The molecule has 0 amide bonds. The van der Waals surface area contributed by atoms with E-state index in [9.17, 15) is 0 Å². The second-order valence-corrected chi connectivity index (χ2v) is 7.30. The zero-order valence-corrected chi connectivity index (χ0v) is 14.2. The summed E-state index contributed by atoms with van der Waals surface area (Å²) in [7, 11) is 0. The average Bonchev–Trinajstić information content (AvgIpc) is 2.57. The number of hydrogen-bond donors (Lipinski definition) is 0. The number of rotatable bonds is 5. The average molecular weight is 300 g/mol. The zero-order chi connectivity index (χ0) is 15.2. The van der Waals surface area contributed by atoms with Gasteiger partial charge in [0.05, 0.1) is 0 Å². The molecular weight excluding hydrogens is 268 g/mol. The highest BCUT2D eigenvalue weighted by molar-refractivity contribution is 5.14. The van der Waals surface area contributed by atoms with Crippen molar-refractivity contribution in [3.05, 3.63) is 35.9 Å². The molecule has 2 atom stereocenters. The molecule has 1 aliphatic carbocycles. The highest BCUT2D eigenvalue weighted by atomic mass is 15.3. The van der Waals surface area contributed by atoms with E-state index >= 15 is 0 Å². The van der Waals surface area contributed by atoms with Gasteiger partial charge < -0.3 is 4.90 Å². The van der Waals surface area contributed by atoms with E-state index in [4.69, 9.17) is 0 Å². The van der Waals surface area contributed by atoms with Crippen molar-refractivity contribution in [1.29, 1.82) is 0 Å². The molecule has 2 nitrogen and oxygen atoms in total. The third kappa shape index (κ3) is 4.33. The molecule has 0 unspecified atom stereocenters. The van der Waals surface area contributed by atoms with Gasteiger partial charge in [0.25, 0.3) is 0 Å². The van der Waals surface area contributed by atoms with Crippen LogP contribution in [0.1, 0.15) is 44.6 Å². The molecule has 2 fully saturated rings. The zero-order valence-electron chi connectivity index (χ0n) is 14.2. The van der Waals surface area contributed by atoms with Gasteiger partial charge >= 0.3 is 0 Å². The molecule has 0 spiro atoms. The monoisotopic (exact) mass is 300 g/mol. The first-order valence-electron chi connectivity index (χ1n) is 9.33. The van der Waals surface area contributed by atoms with Crippen molar-refractivity contribution in [3.63, 3.8) is 0 Å². The topological polar surface area (TPSA) is 6.48 Å². The summed E-state index contributed by atoms with van der Waals surface area (Å²) in [5.41, 5.74) is 1.48. The van der Waals surface area contributed by atoms with Gasteiger partial charge in [-0.05, 0) is 43.7 Å². The van der Waals surface area contributed by atoms with Crippen LogP contribution < -0.4 is 0 Å². The second-order valence-electron chi connectivity index (χ2n) is 7.30. The predicted octanol–water partition coefficient (Wildman–Crippen LogP) is 3.82. The maximum Gasteiger partial charge on any atom is 0.0122 e. The van der Waals surface area contributed by atoms with Crippen molar-refractivity contribution in [2.45, 2.75) is 51.5 Å². The summed E-state index contributed by atoms with van der Waals surface area (Å²) in [6.45, 7) is 8.87. The molecule has 0 radical (unpaired) electrons. The van der Waals surface area contributed by atoms with Crippen molar-refractivity contribution >= 4 is 0 Å². The number of aryl methyl sites for hydroxylation is 1. The van der Waals surface area contributed by atoms with Crippen molar-refractivity contribution < 1.29 is 0 Å². The molecule has 1 saturated carbocycles. The summed E-state index contributed by atoms with van der Waals surface area (Å²) < 4.78 is 0. The van der Waals surface area contributed by atoms with Gasteiger partial charge in [-0.25, -0.2) is 0 Å². The summed E-state index contributed by atoms with van der Waals surface area (Å²) in [6.07, 6.45) is 8.31. The number of piperazine rings is 1. The van der Waals surface area contributed by atoms with Gasteiger partial charge in [0.2, 0.25) is 0 Å². The molecule has 0 aromatic heterocycles. The van der Waals surface area contributed by atoms with Gasteiger partial charge in [0, 0.05) is 32.2 Å². The third-order valence-electron chi connectivity index (χ3n) is 5.72. The van der Waals surface area contributed by atoms with Crippen molar-refractivity contribution in [2.24, 2.45) is 5.92 Å². The van der Waals surface area contributed by atoms with Gasteiger partial charge in [-0.3, -0.25) is 4.90 Å². The van der Waals surface area contributed by atoms with Crippen molar-refractivity contribution in [3.8, 4) is 0 Å². The first-order valence-corrected chi connectivity index (χ1v) is 9.33. The fraction of sp³-hybridized carbons (Fsp3) is 0.700. The quantitative estimate of drug-likeness (QED) is 0.816. The van der Waals surface area contributed by atoms with Crippen molar-refractivity contribution in [2.75, 3.05) is 32.7 Å². The Labute approximate surface area is 136 Å². The standard InChI is InChI=1S/C20H32N2/c1-18-8-5-6-12-20(18)22-16-14-21(15-17-22)13-7-11-19-9-3-2-4-10-19/h2-4,9-10,18,20H,5-8,11-17H2,1H3/t18-,20-/m1/s1. The molecule has 122 valence electrons. The van der Waals surface area contributed by atoms with E-state index < -0.39 is 0 Å². The molecular formula is C20H32N2. The molecule has 0 bridgehead atoms. The predicted molar refractivity (Wildman–Crippen MR) is 94.2 cm³/mol. The van der Waals surface area contributed by atoms with Crippen LogP contribution >= 0.6 is 0 Å². The molecule has 22 heavy (non-hydrogen) atoms. The SMILES string of the molecule is C[C@@H]1CCCC[C@H]1N1CCN(CCCc2ccccc2)CC1. The van der Waals surface area contributed by atoms with Crippen molar-refractivity contribution in [1.82, 2.24) is 9.80 Å². The Morgan fingerprint density at radius 3 is 2.41 bits per heavy atom. The van der Waals surface area contributed by atoms with E-state index in [-0.39, 0.29) is 0 Å². The summed E-state index contributed by atoms with van der Waals surface area (Å²) in [6, 6.07) is 11.8. The van der Waals surface area contributed by atoms with E-state index in [1.807, 2.05) is 0 Å². The lowest BCUT2D eigenvalue weighted by atomic mass is 9.84. The maximum atomic E-state index is 2.79. The van der Waals surface area contributed by atoms with Gasteiger partial charge in [-0.1, -0.05) is 50.1 Å². The first-order chi connectivity index (χ1) is 10.8. The van der Waals surface area contributed by atoms with Crippen LogP contribution in [0.15, 0.2) is 30.3 Å². The summed E-state index contributed by atoms with van der Waals surface area (Å²) in [4.78, 5) is 5.46. The van der Waals surface area contributed by atoms with E-state index in [0.29, 0.717) is 0 Å². The van der Waals surface area contributed by atoms with Gasteiger partial charge in [0.15, 0.2) is 0 Å². The van der Waals surface area contributed by atoms with E-state index in [1.165, 1.54) is 76.8 Å². The normalized spacial score (nSPS) is 27.9. The number of nitrogens with zero attached hydrogens (tertiary/aromatic N) is 2. The lowest BCUT2D eigenvalue weighted by Gasteiger charge is -2.43. The van der Waals surface area contributed by atoms with E-state index in [2.05, 4.69) is 47.1 Å². The molecule has 1 aliphatic heterocycles. The van der Waals surface area contributed by atoms with Gasteiger partial charge in [-0.15, -0.1) is 0 Å². The van der Waals surface area contributed by atoms with Crippen LogP contribution in [0.25, 0.3) is 0 Å². The van der Waals surface area contributed by atoms with Crippen LogP contribution in [0.5, 0.6) is 0 Å². The second kappa shape index (κ2) is 8.12. The van der Waals surface area contributed by atoms with Crippen LogP contribution in [-0.4, -0.2) is 48.6 Å². The number of hydrogen-bond acceptors (Lipinski definition) is 2. The van der Waals surface area contributed by atoms with E-state index in [0.717, 1.165) is 12.0 Å². The van der Waals surface area contributed by atoms with Crippen LogP contribution in [0.2, 0.25) is 0 Å². The highest BCUT2D eigenvalue weighted by Gasteiger charge is 2.29. The Bertz CT molecular complexity index is 423. The Morgan fingerprint density at radius 2 is 1.68 bits per heavy atom. The minimum absolute atomic E-state index is 0.875. The van der Waals surface area contributed by atoms with Crippen LogP contribution in [0, 0.1) is 5.92 Å². The lowest BCUT2D eigenvalue weighted by Crippen LogP contribution is -2.52. The smallest absolute Gasteiger partial charge is 0.0122 e. The molecule has 2 aliphatic rings. The Balaban J connectivity index is 1.36. The Kier molecular flexibility index (Phi) is 5.91. The van der Waals surface area contributed by atoms with Gasteiger partial charge in [0.1, 0.15) is 0 Å². The molecule has 1 saturated heterocycles. The third-order valence-corrected chi connectivity index (χ3v) is 5.72. The van der Waals surface area contributed by atoms with Gasteiger partial charge in [-0.2, -0.15) is 0 Å². The number of benzene rings is 1. The molecule has 1 heterocycles. The molecule has 3 rings (SSSR count). The fourth-order valence-corrected chi connectivity index (χ4v) is 4.31. The minimum Gasteiger partial charge on any atom is -0.301 e. The first kappa shape index (κ1) is 16.0. The maximum absolute atomic E-state index is 2.79. The largest absolute Gasteiger partial charge is 0.301 e. The minimum atomic E-state index is 0.875. The Hall–Kier alpha value is -0.860. The van der Waals surface area contributed by atoms with E-state index in [1.54, 1.807) is 0 Å². The summed E-state index contributed by atoms with van der Waals surface area (Å²) >= 11 is 0. The lowest BCUT2D eigenvalue weighted by molar-refractivity contribution is 0.0542. The molecule has 1 aromatic rings. The molecule has 1 aromatic carbocycles.